The Morgan fingerprint density at radius 2 is 2.00 bits per heavy atom. The van der Waals surface area contributed by atoms with Gasteiger partial charge in [-0.15, -0.1) is 0 Å². The molecule has 0 aliphatic heterocycles. The van der Waals surface area contributed by atoms with Crippen molar-refractivity contribution < 1.29 is 9.18 Å². The van der Waals surface area contributed by atoms with E-state index < -0.39 is 5.82 Å². The van der Waals surface area contributed by atoms with Gasteiger partial charge < -0.3 is 0 Å². The SMILES string of the molecule is CC(=O)N(C)c1nc2nc(Cl)nc(-c3ccc(Cl)cc3F)c2s1. The van der Waals surface area contributed by atoms with Gasteiger partial charge in [-0.05, 0) is 29.8 Å². The number of thiazole rings is 1. The maximum atomic E-state index is 14.2. The third kappa shape index (κ3) is 2.99. The molecule has 0 aliphatic rings. The summed E-state index contributed by atoms with van der Waals surface area (Å²) in [5.41, 5.74) is 0.863. The molecule has 118 valence electrons. The van der Waals surface area contributed by atoms with Gasteiger partial charge >= 0.3 is 0 Å². The van der Waals surface area contributed by atoms with Gasteiger partial charge in [-0.3, -0.25) is 9.69 Å². The second-order valence-corrected chi connectivity index (χ2v) is 6.44. The maximum Gasteiger partial charge on any atom is 0.225 e. The zero-order chi connectivity index (χ0) is 16.7. The zero-order valence-electron chi connectivity index (χ0n) is 12.0. The first-order valence-electron chi connectivity index (χ1n) is 6.40. The summed E-state index contributed by atoms with van der Waals surface area (Å²) in [4.78, 5) is 25.3. The molecule has 0 fully saturated rings. The van der Waals surface area contributed by atoms with Crippen LogP contribution in [0.2, 0.25) is 10.3 Å². The molecule has 0 aliphatic carbocycles. The number of benzene rings is 1. The minimum absolute atomic E-state index is 0.0517. The Labute approximate surface area is 144 Å². The minimum atomic E-state index is -0.525. The van der Waals surface area contributed by atoms with Crippen LogP contribution in [0.4, 0.5) is 9.52 Å². The van der Waals surface area contributed by atoms with Crippen LogP contribution in [0.15, 0.2) is 18.2 Å². The normalized spacial score (nSPS) is 11.0. The quantitative estimate of drug-likeness (QED) is 0.634. The molecule has 1 aromatic carbocycles. The van der Waals surface area contributed by atoms with Crippen molar-refractivity contribution in [3.8, 4) is 11.3 Å². The number of hydrogen-bond donors (Lipinski definition) is 0. The van der Waals surface area contributed by atoms with E-state index in [1.54, 1.807) is 13.1 Å². The van der Waals surface area contributed by atoms with Crippen LogP contribution in [0.25, 0.3) is 21.6 Å². The van der Waals surface area contributed by atoms with Gasteiger partial charge in [-0.1, -0.05) is 22.9 Å². The van der Waals surface area contributed by atoms with Gasteiger partial charge in [0.2, 0.25) is 11.2 Å². The molecule has 3 rings (SSSR count). The number of amides is 1. The molecule has 9 heteroatoms. The molecule has 5 nitrogen and oxygen atoms in total. The number of anilines is 1. The van der Waals surface area contributed by atoms with E-state index in [9.17, 15) is 9.18 Å². The molecule has 0 saturated heterocycles. The Balaban J connectivity index is 2.26. The molecular weight excluding hydrogens is 362 g/mol. The van der Waals surface area contributed by atoms with Gasteiger partial charge in [0, 0.05) is 24.6 Å². The highest BCUT2D eigenvalue weighted by Gasteiger charge is 2.19. The van der Waals surface area contributed by atoms with Gasteiger partial charge in [0.05, 0.1) is 5.69 Å². The van der Waals surface area contributed by atoms with Crippen LogP contribution in [0, 0.1) is 5.82 Å². The topological polar surface area (TPSA) is 59.0 Å². The fourth-order valence-corrected chi connectivity index (χ4v) is 3.27. The highest BCUT2D eigenvalue weighted by molar-refractivity contribution is 7.22. The van der Waals surface area contributed by atoms with Gasteiger partial charge in [0.25, 0.3) is 0 Å². The Bertz CT molecular complexity index is 931. The summed E-state index contributed by atoms with van der Waals surface area (Å²) in [6.07, 6.45) is 0. The van der Waals surface area contributed by atoms with Crippen LogP contribution in [-0.2, 0) is 4.79 Å². The van der Waals surface area contributed by atoms with Crippen molar-refractivity contribution in [2.75, 3.05) is 11.9 Å². The highest BCUT2D eigenvalue weighted by Crippen LogP contribution is 2.36. The van der Waals surface area contributed by atoms with E-state index in [4.69, 9.17) is 23.2 Å². The molecule has 2 aromatic heterocycles. The summed E-state index contributed by atoms with van der Waals surface area (Å²) in [5.74, 6) is -0.703. The predicted octanol–water partition coefficient (Wildman–Crippen LogP) is 4.18. The van der Waals surface area contributed by atoms with Crippen LogP contribution >= 0.6 is 34.5 Å². The highest BCUT2D eigenvalue weighted by atomic mass is 35.5. The van der Waals surface area contributed by atoms with E-state index in [0.29, 0.717) is 21.2 Å². The van der Waals surface area contributed by atoms with E-state index in [-0.39, 0.29) is 21.8 Å². The van der Waals surface area contributed by atoms with Crippen molar-refractivity contribution in [1.29, 1.82) is 0 Å². The average Bonchev–Trinajstić information content (AvgIpc) is 2.89. The standard InChI is InChI=1S/C14H9Cl2FN4OS/c1-6(22)21(2)14-20-12-11(23-14)10(18-13(16)19-12)8-4-3-7(15)5-9(8)17/h3-5H,1-2H3. The molecule has 3 aromatic rings. The number of aromatic nitrogens is 3. The summed E-state index contributed by atoms with van der Waals surface area (Å²) in [6.45, 7) is 1.42. The molecule has 0 bridgehead atoms. The van der Waals surface area contributed by atoms with Crippen LogP contribution in [0.3, 0.4) is 0 Å². The summed E-state index contributed by atoms with van der Waals surface area (Å²) in [6, 6.07) is 4.28. The summed E-state index contributed by atoms with van der Waals surface area (Å²) in [7, 11) is 1.59. The Morgan fingerprint density at radius 1 is 1.26 bits per heavy atom. The number of nitrogens with zero attached hydrogens (tertiary/aromatic N) is 4. The lowest BCUT2D eigenvalue weighted by molar-refractivity contribution is -0.116. The second kappa shape index (κ2) is 5.99. The monoisotopic (exact) mass is 370 g/mol. The molecule has 0 atom stereocenters. The van der Waals surface area contributed by atoms with Crippen molar-refractivity contribution >= 4 is 55.9 Å². The smallest absolute Gasteiger partial charge is 0.225 e. The van der Waals surface area contributed by atoms with E-state index in [2.05, 4.69) is 15.0 Å². The number of fused-ring (bicyclic) bond motifs is 1. The Kier molecular flexibility index (Phi) is 4.18. The van der Waals surface area contributed by atoms with Crippen molar-refractivity contribution in [3.63, 3.8) is 0 Å². The Hall–Kier alpha value is -1.83. The maximum absolute atomic E-state index is 14.2. The lowest BCUT2D eigenvalue weighted by Crippen LogP contribution is -2.22. The van der Waals surface area contributed by atoms with Crippen LogP contribution < -0.4 is 4.90 Å². The van der Waals surface area contributed by atoms with E-state index in [1.807, 2.05) is 0 Å². The van der Waals surface area contributed by atoms with Gasteiger partial charge in [-0.25, -0.2) is 9.37 Å². The van der Waals surface area contributed by atoms with E-state index in [1.165, 1.54) is 35.3 Å². The predicted molar refractivity (Wildman–Crippen MR) is 89.7 cm³/mol. The van der Waals surface area contributed by atoms with Crippen molar-refractivity contribution in [1.82, 2.24) is 15.0 Å². The molecule has 0 N–H and O–H groups in total. The van der Waals surface area contributed by atoms with Gasteiger partial charge in [-0.2, -0.15) is 9.97 Å². The summed E-state index contributed by atoms with van der Waals surface area (Å²) >= 11 is 12.9. The molecule has 2 heterocycles. The molecule has 0 saturated carbocycles. The fraction of sp³-hybridized carbons (Fsp3) is 0.143. The van der Waals surface area contributed by atoms with Gasteiger partial charge in [0.15, 0.2) is 10.8 Å². The van der Waals surface area contributed by atoms with E-state index >= 15 is 0 Å². The number of halogens is 3. The third-order valence-electron chi connectivity index (χ3n) is 3.16. The summed E-state index contributed by atoms with van der Waals surface area (Å²) < 4.78 is 14.8. The fourth-order valence-electron chi connectivity index (χ4n) is 1.93. The number of rotatable bonds is 2. The Morgan fingerprint density at radius 3 is 2.65 bits per heavy atom. The second-order valence-electron chi connectivity index (χ2n) is 4.69. The molecular formula is C14H9Cl2FN4OS. The molecule has 23 heavy (non-hydrogen) atoms. The van der Waals surface area contributed by atoms with Crippen molar-refractivity contribution in [3.05, 3.63) is 34.3 Å². The minimum Gasteiger partial charge on any atom is -0.291 e. The third-order valence-corrected chi connectivity index (χ3v) is 4.69. The van der Waals surface area contributed by atoms with Crippen LogP contribution in [0.1, 0.15) is 6.92 Å². The average molecular weight is 371 g/mol. The first-order valence-corrected chi connectivity index (χ1v) is 7.98. The molecule has 0 radical (unpaired) electrons. The van der Waals surface area contributed by atoms with Crippen molar-refractivity contribution in [2.45, 2.75) is 6.92 Å². The molecule has 0 unspecified atom stereocenters. The largest absolute Gasteiger partial charge is 0.291 e. The lowest BCUT2D eigenvalue weighted by Gasteiger charge is -2.08. The number of carbonyl (C=O) groups excluding carboxylic acids is 1. The first-order chi connectivity index (χ1) is 10.9. The molecule has 0 spiro atoms. The van der Waals surface area contributed by atoms with Crippen LogP contribution in [0.5, 0.6) is 0 Å². The van der Waals surface area contributed by atoms with Crippen LogP contribution in [-0.4, -0.2) is 27.9 Å². The number of hydrogen-bond acceptors (Lipinski definition) is 5. The van der Waals surface area contributed by atoms with Gasteiger partial charge in [0.1, 0.15) is 10.5 Å². The zero-order valence-corrected chi connectivity index (χ0v) is 14.3. The molecule has 1 amide bonds. The number of carbonyl (C=O) groups is 1. The first kappa shape index (κ1) is 16.0. The van der Waals surface area contributed by atoms with Crippen molar-refractivity contribution in [2.24, 2.45) is 0 Å². The van der Waals surface area contributed by atoms with E-state index in [0.717, 1.165) is 0 Å². The summed E-state index contributed by atoms with van der Waals surface area (Å²) in [5, 5.41) is 0.660. The lowest BCUT2D eigenvalue weighted by atomic mass is 10.1.